The molecule has 4 aliphatic rings. The standard InChI is InChI=1S/C23H40N4O/c1-14-4-6-17-16(12-14)5-7-19-18(17)10-11-23(3)20(19)8-9-21(23)22(28)13-27(25)26-15(2)24/h14,16-21H,4-13,25H2,1-3H3,(H2,24,26). The van der Waals surface area contributed by atoms with E-state index in [1.54, 1.807) is 6.92 Å². The first-order valence-corrected chi connectivity index (χ1v) is 11.6. The molecule has 0 aromatic rings. The average molecular weight is 389 g/mol. The maximum absolute atomic E-state index is 13.1. The predicted molar refractivity (Wildman–Crippen MR) is 113 cm³/mol. The number of hydrogen-bond donors (Lipinski definition) is 2. The van der Waals surface area contributed by atoms with Crippen molar-refractivity contribution in [3.63, 3.8) is 0 Å². The van der Waals surface area contributed by atoms with E-state index in [0.717, 1.165) is 41.9 Å². The molecule has 0 aromatic carbocycles. The van der Waals surface area contributed by atoms with E-state index >= 15 is 0 Å². The van der Waals surface area contributed by atoms with Gasteiger partial charge in [0.05, 0.1) is 0 Å². The molecule has 5 nitrogen and oxygen atoms in total. The van der Waals surface area contributed by atoms with Gasteiger partial charge in [0.2, 0.25) is 0 Å². The number of carbonyl (C=O) groups excluding carboxylic acids is 1. The first-order valence-electron chi connectivity index (χ1n) is 11.6. The maximum atomic E-state index is 13.1. The van der Waals surface area contributed by atoms with Crippen molar-refractivity contribution < 1.29 is 4.79 Å². The minimum atomic E-state index is 0.141. The molecule has 0 spiro atoms. The molecular weight excluding hydrogens is 348 g/mol. The summed E-state index contributed by atoms with van der Waals surface area (Å²) in [6, 6.07) is 0. The number of nitrogens with two attached hydrogens (primary N) is 2. The van der Waals surface area contributed by atoms with Gasteiger partial charge in [0.1, 0.15) is 12.4 Å². The van der Waals surface area contributed by atoms with E-state index in [1.807, 2.05) is 0 Å². The predicted octanol–water partition coefficient (Wildman–Crippen LogP) is 3.93. The minimum Gasteiger partial charge on any atom is -0.386 e. The summed E-state index contributed by atoms with van der Waals surface area (Å²) in [6.45, 7) is 6.74. The Morgan fingerprint density at radius 1 is 1.07 bits per heavy atom. The van der Waals surface area contributed by atoms with Gasteiger partial charge >= 0.3 is 0 Å². The number of fused-ring (bicyclic) bond motifs is 5. The zero-order valence-electron chi connectivity index (χ0n) is 18.1. The van der Waals surface area contributed by atoms with Gasteiger partial charge in [-0.2, -0.15) is 0 Å². The number of carbonyl (C=O) groups is 1. The van der Waals surface area contributed by atoms with Crippen LogP contribution in [0.2, 0.25) is 0 Å². The van der Waals surface area contributed by atoms with Crippen LogP contribution in [0.1, 0.15) is 78.6 Å². The van der Waals surface area contributed by atoms with E-state index < -0.39 is 0 Å². The van der Waals surface area contributed by atoms with Crippen molar-refractivity contribution in [2.24, 2.45) is 63.5 Å². The Morgan fingerprint density at radius 2 is 1.82 bits per heavy atom. The van der Waals surface area contributed by atoms with Crippen LogP contribution in [0.3, 0.4) is 0 Å². The summed E-state index contributed by atoms with van der Waals surface area (Å²) in [5.41, 5.74) is 5.77. The summed E-state index contributed by atoms with van der Waals surface area (Å²) in [7, 11) is 0. The van der Waals surface area contributed by atoms with E-state index in [4.69, 9.17) is 11.6 Å². The van der Waals surface area contributed by atoms with Crippen LogP contribution < -0.4 is 11.6 Å². The lowest BCUT2D eigenvalue weighted by molar-refractivity contribution is -0.131. The fourth-order valence-electron chi connectivity index (χ4n) is 8.12. The molecule has 4 rings (SSSR count). The van der Waals surface area contributed by atoms with E-state index in [0.29, 0.717) is 5.84 Å². The smallest absolute Gasteiger partial charge is 0.159 e. The quantitative estimate of drug-likeness (QED) is 0.331. The van der Waals surface area contributed by atoms with Crippen molar-refractivity contribution in [1.29, 1.82) is 0 Å². The summed E-state index contributed by atoms with van der Waals surface area (Å²) >= 11 is 0. The van der Waals surface area contributed by atoms with Crippen LogP contribution in [0.15, 0.2) is 5.10 Å². The third-order valence-corrected chi connectivity index (χ3v) is 9.21. The second-order valence-electron chi connectivity index (χ2n) is 10.8. The Bertz CT molecular complexity index is 630. The molecule has 4 aliphatic carbocycles. The Kier molecular flexibility index (Phi) is 5.49. The van der Waals surface area contributed by atoms with Gasteiger partial charge in [0.15, 0.2) is 5.78 Å². The highest BCUT2D eigenvalue weighted by atomic mass is 16.1. The fraction of sp³-hybridized carbons (Fsp3) is 0.913. The molecule has 0 heterocycles. The van der Waals surface area contributed by atoms with Crippen molar-refractivity contribution in [3.8, 4) is 0 Å². The van der Waals surface area contributed by atoms with Gasteiger partial charge in [0, 0.05) is 5.92 Å². The number of ketones is 1. The maximum Gasteiger partial charge on any atom is 0.159 e. The van der Waals surface area contributed by atoms with E-state index in [-0.39, 0.29) is 23.7 Å². The number of hydrazone groups is 1. The molecule has 0 radical (unpaired) electrons. The monoisotopic (exact) mass is 388 g/mol. The van der Waals surface area contributed by atoms with Crippen LogP contribution >= 0.6 is 0 Å². The van der Waals surface area contributed by atoms with Gasteiger partial charge in [-0.25, -0.2) is 11.0 Å². The molecule has 5 heteroatoms. The van der Waals surface area contributed by atoms with Crippen molar-refractivity contribution in [3.05, 3.63) is 0 Å². The minimum absolute atomic E-state index is 0.141. The molecular formula is C23H40N4O. The molecule has 158 valence electrons. The van der Waals surface area contributed by atoms with Crippen LogP contribution in [0, 0.1) is 46.8 Å². The number of nitrogens with zero attached hydrogens (tertiary/aromatic N) is 2. The van der Waals surface area contributed by atoms with Crippen molar-refractivity contribution in [2.45, 2.75) is 78.6 Å². The van der Waals surface area contributed by atoms with Crippen LogP contribution in [0.5, 0.6) is 0 Å². The van der Waals surface area contributed by atoms with Crippen molar-refractivity contribution in [2.75, 3.05) is 6.54 Å². The Morgan fingerprint density at radius 3 is 2.57 bits per heavy atom. The number of hydrazine groups is 1. The third kappa shape index (κ3) is 3.48. The molecule has 8 unspecified atom stereocenters. The summed E-state index contributed by atoms with van der Waals surface area (Å²) in [5.74, 6) is 12.1. The van der Waals surface area contributed by atoms with Crippen molar-refractivity contribution in [1.82, 2.24) is 5.12 Å². The van der Waals surface area contributed by atoms with Gasteiger partial charge in [-0.3, -0.25) is 4.79 Å². The molecule has 0 amide bonds. The second-order valence-corrected chi connectivity index (χ2v) is 10.8. The summed E-state index contributed by atoms with van der Waals surface area (Å²) in [5, 5.41) is 5.25. The second kappa shape index (κ2) is 7.62. The first kappa shape index (κ1) is 20.2. The van der Waals surface area contributed by atoms with Crippen LogP contribution in [0.25, 0.3) is 0 Å². The number of rotatable bonds is 4. The van der Waals surface area contributed by atoms with E-state index in [1.165, 1.54) is 56.5 Å². The SMILES string of the molecule is C/C(N)=N/N(N)CC(=O)C1CCC2C3CCC4CC(C)CCC4C3CCC12C. The molecule has 28 heavy (non-hydrogen) atoms. The molecule has 0 aliphatic heterocycles. The Balaban J connectivity index is 1.46. The van der Waals surface area contributed by atoms with E-state index in [2.05, 4.69) is 18.9 Å². The summed E-state index contributed by atoms with van der Waals surface area (Å²) < 4.78 is 0. The normalized spacial score (nSPS) is 45.7. The Hall–Kier alpha value is -1.10. The van der Waals surface area contributed by atoms with Crippen LogP contribution in [-0.2, 0) is 4.79 Å². The van der Waals surface area contributed by atoms with E-state index in [9.17, 15) is 4.79 Å². The van der Waals surface area contributed by atoms with Gasteiger partial charge in [-0.1, -0.05) is 20.3 Å². The average Bonchev–Trinajstić information content (AvgIpc) is 2.97. The van der Waals surface area contributed by atoms with Crippen molar-refractivity contribution >= 4 is 11.6 Å². The number of hydrogen-bond acceptors (Lipinski definition) is 4. The lowest BCUT2D eigenvalue weighted by Crippen LogP contribution is -2.50. The fourth-order valence-corrected chi connectivity index (χ4v) is 8.12. The highest BCUT2D eigenvalue weighted by molar-refractivity contribution is 5.84. The summed E-state index contributed by atoms with van der Waals surface area (Å²) in [4.78, 5) is 13.1. The van der Waals surface area contributed by atoms with Gasteiger partial charge < -0.3 is 5.73 Å². The summed E-state index contributed by atoms with van der Waals surface area (Å²) in [6.07, 6.45) is 12.0. The molecule has 8 atom stereocenters. The van der Waals surface area contributed by atoms with Gasteiger partial charge in [-0.05, 0) is 99.2 Å². The lowest BCUT2D eigenvalue weighted by atomic mass is 9.49. The van der Waals surface area contributed by atoms with Gasteiger partial charge in [0.25, 0.3) is 0 Å². The zero-order valence-corrected chi connectivity index (χ0v) is 18.1. The number of Topliss-reactive ketones (excluding diaryl/α,β-unsaturated/α-hetero) is 1. The number of amidine groups is 1. The largest absolute Gasteiger partial charge is 0.386 e. The molecule has 0 aromatic heterocycles. The lowest BCUT2D eigenvalue weighted by Gasteiger charge is -2.56. The highest BCUT2D eigenvalue weighted by Gasteiger charge is 2.58. The zero-order chi connectivity index (χ0) is 20.1. The molecule has 4 N–H and O–H groups in total. The molecule has 4 fully saturated rings. The van der Waals surface area contributed by atoms with Crippen LogP contribution in [-0.4, -0.2) is 23.3 Å². The Labute approximate surface area is 170 Å². The first-order chi connectivity index (χ1) is 13.3. The molecule has 0 saturated heterocycles. The van der Waals surface area contributed by atoms with Gasteiger partial charge in [-0.15, -0.1) is 5.10 Å². The molecule has 4 saturated carbocycles. The third-order valence-electron chi connectivity index (χ3n) is 9.21. The van der Waals surface area contributed by atoms with Crippen LogP contribution in [0.4, 0.5) is 0 Å². The highest BCUT2D eigenvalue weighted by Crippen LogP contribution is 2.64. The molecule has 0 bridgehead atoms. The topological polar surface area (TPSA) is 84.7 Å².